The minimum Gasteiger partial charge on any atom is -0.496 e. The summed E-state index contributed by atoms with van der Waals surface area (Å²) in [6.07, 6.45) is -4.77. The summed E-state index contributed by atoms with van der Waals surface area (Å²) in [5.74, 6) is -3.06. The maximum absolute atomic E-state index is 12.8. The number of ether oxygens (including phenoxy) is 2. The van der Waals surface area contributed by atoms with Gasteiger partial charge in [0.05, 0.1) is 24.8 Å². The fourth-order valence-corrected chi connectivity index (χ4v) is 1.47. The van der Waals surface area contributed by atoms with Gasteiger partial charge in [-0.3, -0.25) is 4.79 Å². The molecule has 0 aliphatic heterocycles. The number of hydrogen-bond acceptors (Lipinski definition) is 4. The van der Waals surface area contributed by atoms with E-state index in [2.05, 4.69) is 4.74 Å². The zero-order chi connectivity index (χ0) is 14.6. The van der Waals surface area contributed by atoms with Crippen molar-refractivity contribution in [2.24, 2.45) is 0 Å². The summed E-state index contributed by atoms with van der Waals surface area (Å²) in [4.78, 5) is 23.0. The maximum Gasteiger partial charge on any atom is 0.417 e. The van der Waals surface area contributed by atoms with Gasteiger partial charge in [0, 0.05) is 0 Å². The van der Waals surface area contributed by atoms with Crippen LogP contribution >= 0.6 is 0 Å². The molecule has 0 saturated heterocycles. The van der Waals surface area contributed by atoms with Crippen molar-refractivity contribution in [3.63, 3.8) is 0 Å². The van der Waals surface area contributed by atoms with Crippen molar-refractivity contribution in [3.8, 4) is 5.75 Å². The monoisotopic (exact) mass is 276 g/mol. The van der Waals surface area contributed by atoms with E-state index in [4.69, 9.17) is 4.74 Å². The number of carbonyl (C=O) groups excluding carboxylic acids is 2. The predicted molar refractivity (Wildman–Crippen MR) is 59.0 cm³/mol. The molecule has 0 amide bonds. The largest absolute Gasteiger partial charge is 0.496 e. The van der Waals surface area contributed by atoms with E-state index >= 15 is 0 Å². The summed E-state index contributed by atoms with van der Waals surface area (Å²) in [5.41, 5.74) is -2.07. The topological polar surface area (TPSA) is 52.6 Å². The second-order valence-corrected chi connectivity index (χ2v) is 3.43. The molecule has 0 aliphatic rings. The lowest BCUT2D eigenvalue weighted by atomic mass is 10.0. The highest BCUT2D eigenvalue weighted by molar-refractivity contribution is 6.41. The Labute approximate surface area is 107 Å². The molecule has 0 unspecified atom stereocenters. The minimum atomic E-state index is -4.77. The molecule has 1 aromatic carbocycles. The van der Waals surface area contributed by atoms with Gasteiger partial charge in [-0.2, -0.15) is 13.2 Å². The molecule has 104 valence electrons. The van der Waals surface area contributed by atoms with Crippen molar-refractivity contribution < 1.29 is 32.2 Å². The number of Topliss-reactive ketones (excluding diaryl/α,β-unsaturated/α-hetero) is 1. The van der Waals surface area contributed by atoms with E-state index in [0.717, 1.165) is 13.2 Å². The molecule has 0 N–H and O–H groups in total. The molecule has 0 fully saturated rings. The molecule has 19 heavy (non-hydrogen) atoms. The highest BCUT2D eigenvalue weighted by Crippen LogP contribution is 2.36. The van der Waals surface area contributed by atoms with Gasteiger partial charge in [-0.25, -0.2) is 4.79 Å². The van der Waals surface area contributed by atoms with E-state index < -0.39 is 29.1 Å². The zero-order valence-corrected chi connectivity index (χ0v) is 10.2. The number of carbonyl (C=O) groups is 2. The number of ketones is 1. The number of alkyl halides is 3. The van der Waals surface area contributed by atoms with Crippen molar-refractivity contribution >= 4 is 11.8 Å². The summed E-state index contributed by atoms with van der Waals surface area (Å²) in [6, 6.07) is 2.96. The fraction of sp³-hybridized carbons (Fsp3) is 0.333. The molecular weight excluding hydrogens is 265 g/mol. The summed E-state index contributed by atoms with van der Waals surface area (Å²) >= 11 is 0. The molecule has 0 aliphatic carbocycles. The first-order valence-electron chi connectivity index (χ1n) is 5.28. The summed E-state index contributed by atoms with van der Waals surface area (Å²) in [6.45, 7) is 1.33. The number of benzene rings is 1. The van der Waals surface area contributed by atoms with Crippen LogP contribution in [0.4, 0.5) is 13.2 Å². The van der Waals surface area contributed by atoms with Crippen LogP contribution in [-0.2, 0) is 15.7 Å². The molecule has 1 rings (SSSR count). The van der Waals surface area contributed by atoms with Crippen LogP contribution in [0.1, 0.15) is 22.8 Å². The number of esters is 1. The Morgan fingerprint density at radius 2 is 1.89 bits per heavy atom. The van der Waals surface area contributed by atoms with Crippen LogP contribution in [0, 0.1) is 0 Å². The van der Waals surface area contributed by atoms with Crippen LogP contribution in [-0.4, -0.2) is 25.5 Å². The van der Waals surface area contributed by atoms with Gasteiger partial charge >= 0.3 is 12.1 Å². The molecule has 7 heteroatoms. The fourth-order valence-electron chi connectivity index (χ4n) is 1.47. The van der Waals surface area contributed by atoms with Crippen molar-refractivity contribution in [1.82, 2.24) is 0 Å². The minimum absolute atomic E-state index is 0.110. The van der Waals surface area contributed by atoms with Crippen LogP contribution in [0.15, 0.2) is 18.2 Å². The molecule has 0 heterocycles. The smallest absolute Gasteiger partial charge is 0.417 e. The Morgan fingerprint density at radius 1 is 1.26 bits per heavy atom. The summed E-state index contributed by atoms with van der Waals surface area (Å²) in [5, 5.41) is 0. The van der Waals surface area contributed by atoms with E-state index in [1.165, 1.54) is 13.0 Å². The van der Waals surface area contributed by atoms with Crippen LogP contribution in [0.25, 0.3) is 0 Å². The first-order valence-corrected chi connectivity index (χ1v) is 5.28. The lowest BCUT2D eigenvalue weighted by molar-refractivity contribution is -0.139. The third-order valence-corrected chi connectivity index (χ3v) is 2.24. The number of halogens is 3. The highest BCUT2D eigenvalue weighted by atomic mass is 19.4. The Kier molecular flexibility index (Phi) is 4.52. The van der Waals surface area contributed by atoms with E-state index in [9.17, 15) is 22.8 Å². The average Bonchev–Trinajstić information content (AvgIpc) is 2.36. The average molecular weight is 276 g/mol. The highest BCUT2D eigenvalue weighted by Gasteiger charge is 2.38. The lowest BCUT2D eigenvalue weighted by Crippen LogP contribution is -2.22. The third kappa shape index (κ3) is 3.24. The second kappa shape index (κ2) is 5.73. The number of methoxy groups -OCH3 is 1. The van der Waals surface area contributed by atoms with Crippen LogP contribution in [0.2, 0.25) is 0 Å². The summed E-state index contributed by atoms with van der Waals surface area (Å²) < 4.78 is 47.6. The van der Waals surface area contributed by atoms with Crippen LogP contribution < -0.4 is 4.74 Å². The zero-order valence-electron chi connectivity index (χ0n) is 10.2. The maximum atomic E-state index is 12.8. The quantitative estimate of drug-likeness (QED) is 0.481. The van der Waals surface area contributed by atoms with Crippen molar-refractivity contribution in [2.45, 2.75) is 13.1 Å². The SMILES string of the molecule is CCOC(=O)C(=O)c1c(OC)cccc1C(F)(F)F. The van der Waals surface area contributed by atoms with Crippen LogP contribution in [0.5, 0.6) is 5.75 Å². The van der Waals surface area contributed by atoms with Gasteiger partial charge in [-0.05, 0) is 19.1 Å². The van der Waals surface area contributed by atoms with Crippen molar-refractivity contribution in [1.29, 1.82) is 0 Å². The Bertz CT molecular complexity index is 494. The molecule has 4 nitrogen and oxygen atoms in total. The Hall–Kier alpha value is -2.05. The van der Waals surface area contributed by atoms with Gasteiger partial charge in [-0.1, -0.05) is 6.07 Å². The van der Waals surface area contributed by atoms with E-state index in [0.29, 0.717) is 6.07 Å². The molecule has 1 aromatic rings. The van der Waals surface area contributed by atoms with E-state index in [1.807, 2.05) is 0 Å². The molecule has 0 atom stereocenters. The first kappa shape index (κ1) is 15.0. The van der Waals surface area contributed by atoms with Crippen LogP contribution in [0.3, 0.4) is 0 Å². The van der Waals surface area contributed by atoms with Gasteiger partial charge in [0.15, 0.2) is 0 Å². The van der Waals surface area contributed by atoms with Gasteiger partial charge in [0.1, 0.15) is 5.75 Å². The molecule has 0 bridgehead atoms. The van der Waals surface area contributed by atoms with Gasteiger partial charge in [0.25, 0.3) is 5.78 Å². The van der Waals surface area contributed by atoms with Crippen molar-refractivity contribution in [3.05, 3.63) is 29.3 Å². The Morgan fingerprint density at radius 3 is 2.37 bits per heavy atom. The normalized spacial score (nSPS) is 11.0. The molecular formula is C12H11F3O4. The third-order valence-electron chi connectivity index (χ3n) is 2.24. The Balaban J connectivity index is 3.38. The number of rotatable bonds is 4. The second-order valence-electron chi connectivity index (χ2n) is 3.43. The summed E-state index contributed by atoms with van der Waals surface area (Å²) in [7, 11) is 1.11. The van der Waals surface area contributed by atoms with E-state index in [-0.39, 0.29) is 12.4 Å². The number of hydrogen-bond donors (Lipinski definition) is 0. The molecule has 0 aromatic heterocycles. The molecule has 0 saturated carbocycles. The van der Waals surface area contributed by atoms with Gasteiger partial charge < -0.3 is 9.47 Å². The van der Waals surface area contributed by atoms with Crippen molar-refractivity contribution in [2.75, 3.05) is 13.7 Å². The standard InChI is InChI=1S/C12H11F3O4/c1-3-19-11(17)10(16)9-7(12(13,14)15)5-4-6-8(9)18-2/h4-6H,3H2,1-2H3. The molecule has 0 radical (unpaired) electrons. The van der Waals surface area contributed by atoms with Gasteiger partial charge in [0.2, 0.25) is 0 Å². The predicted octanol–water partition coefficient (Wildman–Crippen LogP) is 2.46. The van der Waals surface area contributed by atoms with Gasteiger partial charge in [-0.15, -0.1) is 0 Å². The van der Waals surface area contributed by atoms with E-state index in [1.54, 1.807) is 0 Å². The first-order chi connectivity index (χ1) is 8.82. The lowest BCUT2D eigenvalue weighted by Gasteiger charge is -2.14. The molecule has 0 spiro atoms.